The van der Waals surface area contributed by atoms with E-state index in [2.05, 4.69) is 54.8 Å². The van der Waals surface area contributed by atoms with Gasteiger partial charge in [0.2, 0.25) is 0 Å². The molecule has 0 fully saturated rings. The molecule has 0 saturated heterocycles. The Balaban J connectivity index is 1.80. The second-order valence-electron chi connectivity index (χ2n) is 8.17. The molecule has 24 heavy (non-hydrogen) atoms. The topological polar surface area (TPSA) is 41.1 Å². The van der Waals surface area contributed by atoms with Crippen LogP contribution in [0.1, 0.15) is 46.0 Å². The highest BCUT2D eigenvalue weighted by Gasteiger charge is 2.40. The molecule has 126 valence electrons. The number of hydrogen-bond acceptors (Lipinski definition) is 3. The summed E-state index contributed by atoms with van der Waals surface area (Å²) >= 11 is 0. The van der Waals surface area contributed by atoms with E-state index in [1.54, 1.807) is 0 Å². The summed E-state index contributed by atoms with van der Waals surface area (Å²) in [5.41, 5.74) is 4.36. The molecule has 2 N–H and O–H groups in total. The molecule has 3 heteroatoms. The van der Waals surface area contributed by atoms with Crippen LogP contribution in [0.4, 0.5) is 11.4 Å². The molecule has 2 aliphatic carbocycles. The monoisotopic (exact) mass is 322 g/mol. The number of fused-ring (bicyclic) bond motifs is 1. The minimum atomic E-state index is 0.0270. The first-order valence-electron chi connectivity index (χ1n) is 9.07. The van der Waals surface area contributed by atoms with Gasteiger partial charge in [0.15, 0.2) is 5.78 Å². The van der Waals surface area contributed by atoms with Gasteiger partial charge in [0.05, 0.1) is 17.4 Å². The van der Waals surface area contributed by atoms with E-state index in [-0.39, 0.29) is 11.5 Å². The Bertz CT molecular complexity index is 729. The second kappa shape index (κ2) is 5.80. The molecule has 0 saturated carbocycles. The maximum atomic E-state index is 13.0. The molecule has 0 aromatic heterocycles. The largest absolute Gasteiger partial charge is 0.376 e. The summed E-state index contributed by atoms with van der Waals surface area (Å²) < 4.78 is 0. The summed E-state index contributed by atoms with van der Waals surface area (Å²) in [6, 6.07) is 8.43. The van der Waals surface area contributed by atoms with Crippen molar-refractivity contribution in [3.63, 3.8) is 0 Å². The predicted octanol–water partition coefficient (Wildman–Crippen LogP) is 4.89. The third-order valence-corrected chi connectivity index (χ3v) is 5.54. The van der Waals surface area contributed by atoms with Crippen molar-refractivity contribution >= 4 is 17.2 Å². The molecule has 0 radical (unpaired) electrons. The molecule has 0 amide bonds. The van der Waals surface area contributed by atoms with Gasteiger partial charge in [-0.2, -0.15) is 0 Å². The van der Waals surface area contributed by atoms with Crippen molar-refractivity contribution in [2.45, 2.75) is 52.0 Å². The van der Waals surface area contributed by atoms with Crippen molar-refractivity contribution in [3.8, 4) is 0 Å². The van der Waals surface area contributed by atoms with Crippen LogP contribution in [0.5, 0.6) is 0 Å². The predicted molar refractivity (Wildman–Crippen MR) is 99.0 cm³/mol. The van der Waals surface area contributed by atoms with Crippen LogP contribution in [0.25, 0.3) is 0 Å². The van der Waals surface area contributed by atoms with E-state index in [1.807, 2.05) is 6.07 Å². The Hall–Kier alpha value is -2.03. The van der Waals surface area contributed by atoms with Crippen molar-refractivity contribution in [2.75, 3.05) is 10.6 Å². The lowest BCUT2D eigenvalue weighted by atomic mass is 9.71. The van der Waals surface area contributed by atoms with Gasteiger partial charge in [-0.1, -0.05) is 38.1 Å². The van der Waals surface area contributed by atoms with Crippen LogP contribution < -0.4 is 10.6 Å². The highest BCUT2D eigenvalue weighted by atomic mass is 16.1. The second-order valence-corrected chi connectivity index (χ2v) is 8.17. The molecule has 1 aromatic rings. The van der Waals surface area contributed by atoms with Gasteiger partial charge in [-0.25, -0.2) is 0 Å². The Labute approximate surface area is 144 Å². The van der Waals surface area contributed by atoms with Crippen molar-refractivity contribution in [2.24, 2.45) is 11.3 Å². The van der Waals surface area contributed by atoms with Gasteiger partial charge >= 0.3 is 0 Å². The number of Topliss-reactive ketones (excluding diaryl/α,β-unsaturated/α-hetero) is 1. The van der Waals surface area contributed by atoms with E-state index in [9.17, 15) is 4.79 Å². The van der Waals surface area contributed by atoms with Crippen LogP contribution in [-0.2, 0) is 4.79 Å². The fourth-order valence-electron chi connectivity index (χ4n) is 4.40. The summed E-state index contributed by atoms with van der Waals surface area (Å²) in [5.74, 6) is 0.798. The van der Waals surface area contributed by atoms with E-state index in [0.29, 0.717) is 18.1 Å². The minimum absolute atomic E-state index is 0.0270. The summed E-state index contributed by atoms with van der Waals surface area (Å²) in [6.07, 6.45) is 9.42. The first-order valence-corrected chi connectivity index (χ1v) is 9.07. The van der Waals surface area contributed by atoms with Gasteiger partial charge in [0.1, 0.15) is 0 Å². The van der Waals surface area contributed by atoms with Crippen LogP contribution in [0.2, 0.25) is 0 Å². The number of nitrogens with one attached hydrogen (secondary N) is 2. The highest BCUT2D eigenvalue weighted by Crippen LogP contribution is 2.44. The molecule has 1 aromatic carbocycles. The van der Waals surface area contributed by atoms with Crippen molar-refractivity contribution < 1.29 is 4.79 Å². The quantitative estimate of drug-likeness (QED) is 0.723. The Morgan fingerprint density at radius 3 is 2.62 bits per heavy atom. The average Bonchev–Trinajstić information content (AvgIpc) is 2.70. The number of para-hydroxylation sites is 2. The number of benzene rings is 1. The number of allylic oxidation sites excluding steroid dienone is 3. The molecule has 3 nitrogen and oxygen atoms in total. The number of hydrogen-bond donors (Lipinski definition) is 2. The van der Waals surface area contributed by atoms with E-state index < -0.39 is 0 Å². The van der Waals surface area contributed by atoms with E-state index in [4.69, 9.17) is 0 Å². The van der Waals surface area contributed by atoms with E-state index >= 15 is 0 Å². The lowest BCUT2D eigenvalue weighted by Gasteiger charge is -2.37. The third kappa shape index (κ3) is 2.77. The number of ketones is 1. The standard InChI is InChI=1S/C21H26N2O/c1-21(2)12-17-19(18(24)13-21)20(14-8-4-3-5-9-14)23-16-11-7-6-10-15(16)22-17/h3-4,6-7,10-11,14,20,22-23H,5,8-9,12-13H2,1-2H3/t14-,20-/m1/s1. The average molecular weight is 322 g/mol. The molecule has 1 aliphatic heterocycles. The van der Waals surface area contributed by atoms with Crippen LogP contribution in [-0.4, -0.2) is 11.8 Å². The SMILES string of the molecule is CC1(C)CC(=O)C2=C(C1)Nc1ccccc1N[C@@H]2[C@@H]1CC=CCC1. The zero-order chi connectivity index (χ0) is 16.7. The van der Waals surface area contributed by atoms with Gasteiger partial charge in [-0.05, 0) is 49.1 Å². The van der Waals surface area contributed by atoms with E-state index in [1.165, 1.54) is 0 Å². The third-order valence-electron chi connectivity index (χ3n) is 5.54. The zero-order valence-corrected chi connectivity index (χ0v) is 14.6. The van der Waals surface area contributed by atoms with Gasteiger partial charge in [-0.3, -0.25) is 4.79 Å². The summed E-state index contributed by atoms with van der Waals surface area (Å²) in [7, 11) is 0. The Morgan fingerprint density at radius 1 is 1.08 bits per heavy atom. The van der Waals surface area contributed by atoms with E-state index in [0.717, 1.165) is 48.3 Å². The summed E-state index contributed by atoms with van der Waals surface area (Å²) in [5, 5.41) is 7.31. The minimum Gasteiger partial charge on any atom is -0.376 e. The zero-order valence-electron chi connectivity index (χ0n) is 14.6. The first-order chi connectivity index (χ1) is 11.5. The summed E-state index contributed by atoms with van der Waals surface area (Å²) in [4.78, 5) is 13.0. The molecule has 3 aliphatic rings. The number of anilines is 2. The maximum Gasteiger partial charge on any atom is 0.163 e. The smallest absolute Gasteiger partial charge is 0.163 e. The van der Waals surface area contributed by atoms with Crippen molar-refractivity contribution in [3.05, 3.63) is 47.7 Å². The van der Waals surface area contributed by atoms with Crippen molar-refractivity contribution in [1.29, 1.82) is 0 Å². The molecule has 4 rings (SSSR count). The fourth-order valence-corrected chi connectivity index (χ4v) is 4.40. The number of carbonyl (C=O) groups excluding carboxylic acids is 1. The first kappa shape index (κ1) is 15.5. The fraction of sp³-hybridized carbons (Fsp3) is 0.476. The van der Waals surface area contributed by atoms with Gasteiger partial charge < -0.3 is 10.6 Å². The van der Waals surface area contributed by atoms with Gasteiger partial charge in [0.25, 0.3) is 0 Å². The molecule has 0 spiro atoms. The normalized spacial score (nSPS) is 28.3. The molecular formula is C21H26N2O. The van der Waals surface area contributed by atoms with Crippen LogP contribution in [0.3, 0.4) is 0 Å². The molecular weight excluding hydrogens is 296 g/mol. The molecule has 1 heterocycles. The number of carbonyl (C=O) groups is 1. The van der Waals surface area contributed by atoms with Crippen LogP contribution >= 0.6 is 0 Å². The van der Waals surface area contributed by atoms with Gasteiger partial charge in [0, 0.05) is 17.7 Å². The molecule has 0 bridgehead atoms. The highest BCUT2D eigenvalue weighted by molar-refractivity contribution is 6.00. The molecule has 2 atom stereocenters. The van der Waals surface area contributed by atoms with Crippen molar-refractivity contribution in [1.82, 2.24) is 0 Å². The molecule has 0 unspecified atom stereocenters. The van der Waals surface area contributed by atoms with Crippen LogP contribution in [0.15, 0.2) is 47.7 Å². The van der Waals surface area contributed by atoms with Gasteiger partial charge in [-0.15, -0.1) is 0 Å². The lowest BCUT2D eigenvalue weighted by molar-refractivity contribution is -0.118. The maximum absolute atomic E-state index is 13.0. The Kier molecular flexibility index (Phi) is 3.75. The summed E-state index contributed by atoms with van der Waals surface area (Å²) in [6.45, 7) is 4.39. The van der Waals surface area contributed by atoms with Crippen LogP contribution in [0, 0.1) is 11.3 Å². The lowest BCUT2D eigenvalue weighted by Crippen LogP contribution is -2.39. The number of rotatable bonds is 1. The Morgan fingerprint density at radius 2 is 1.88 bits per heavy atom.